The Bertz CT molecular complexity index is 712. The van der Waals surface area contributed by atoms with E-state index in [1.165, 1.54) is 108 Å². The number of ether oxygens (including phenoxy) is 1. The first-order valence-corrected chi connectivity index (χ1v) is 14.8. The standard InChI is InChI=1S/C31H50FNO/c1-3-4-5-6-23-7-11-25(12-8-23)26-13-15-27(16-14-26)28-17-20-31(30(32)21-28)34-22-24-9-18-29(33-2)19-10-24/h17,20-21,23-27,29,33H,3-16,18-19,22H2,1-2H3. The van der Waals surface area contributed by atoms with Gasteiger partial charge in [-0.05, 0) is 119 Å². The summed E-state index contributed by atoms with van der Waals surface area (Å²) in [6.45, 7) is 2.96. The fourth-order valence-electron chi connectivity index (χ4n) is 7.27. The van der Waals surface area contributed by atoms with Crippen LogP contribution in [0.1, 0.15) is 121 Å². The van der Waals surface area contributed by atoms with E-state index in [4.69, 9.17) is 4.74 Å². The lowest BCUT2D eigenvalue weighted by Gasteiger charge is -2.38. The molecule has 0 amide bonds. The van der Waals surface area contributed by atoms with E-state index in [-0.39, 0.29) is 5.82 Å². The Kier molecular flexibility index (Phi) is 10.2. The van der Waals surface area contributed by atoms with E-state index in [0.717, 1.165) is 17.8 Å². The highest BCUT2D eigenvalue weighted by Crippen LogP contribution is 2.45. The van der Waals surface area contributed by atoms with Gasteiger partial charge in [-0.15, -0.1) is 0 Å². The van der Waals surface area contributed by atoms with Crippen LogP contribution in [-0.2, 0) is 0 Å². The third-order valence-electron chi connectivity index (χ3n) is 9.70. The molecular formula is C31H50FNO. The van der Waals surface area contributed by atoms with E-state index in [1.54, 1.807) is 6.07 Å². The van der Waals surface area contributed by atoms with Crippen LogP contribution in [0.3, 0.4) is 0 Å². The molecule has 0 radical (unpaired) electrons. The Labute approximate surface area is 208 Å². The third kappa shape index (κ3) is 7.21. The van der Waals surface area contributed by atoms with Crippen LogP contribution in [0, 0.1) is 29.5 Å². The van der Waals surface area contributed by atoms with Crippen molar-refractivity contribution in [2.24, 2.45) is 23.7 Å². The maximum atomic E-state index is 14.9. The average molecular weight is 472 g/mol. The molecule has 0 saturated heterocycles. The van der Waals surface area contributed by atoms with Crippen molar-refractivity contribution in [2.45, 2.75) is 122 Å². The van der Waals surface area contributed by atoms with Gasteiger partial charge in [0.15, 0.2) is 11.6 Å². The molecule has 3 fully saturated rings. The Morgan fingerprint density at radius 2 is 1.47 bits per heavy atom. The molecule has 4 rings (SSSR count). The molecule has 0 unspecified atom stereocenters. The van der Waals surface area contributed by atoms with Crippen molar-refractivity contribution in [3.63, 3.8) is 0 Å². The van der Waals surface area contributed by atoms with E-state index in [2.05, 4.69) is 18.3 Å². The maximum absolute atomic E-state index is 14.9. The summed E-state index contributed by atoms with van der Waals surface area (Å²) in [4.78, 5) is 0. The number of unbranched alkanes of at least 4 members (excludes halogenated alkanes) is 2. The van der Waals surface area contributed by atoms with Gasteiger partial charge in [0.1, 0.15) is 0 Å². The Hall–Kier alpha value is -1.09. The molecule has 3 saturated carbocycles. The molecule has 0 bridgehead atoms. The summed E-state index contributed by atoms with van der Waals surface area (Å²) in [7, 11) is 2.05. The first kappa shape index (κ1) is 26.0. The van der Waals surface area contributed by atoms with Gasteiger partial charge < -0.3 is 10.1 Å². The van der Waals surface area contributed by atoms with E-state index in [9.17, 15) is 4.39 Å². The zero-order chi connectivity index (χ0) is 23.8. The molecule has 34 heavy (non-hydrogen) atoms. The minimum absolute atomic E-state index is 0.162. The third-order valence-corrected chi connectivity index (χ3v) is 9.70. The van der Waals surface area contributed by atoms with Crippen molar-refractivity contribution in [3.05, 3.63) is 29.6 Å². The minimum atomic E-state index is -0.162. The lowest BCUT2D eigenvalue weighted by Crippen LogP contribution is -2.31. The first-order valence-electron chi connectivity index (χ1n) is 14.8. The molecule has 3 aliphatic carbocycles. The molecule has 0 heterocycles. The topological polar surface area (TPSA) is 21.3 Å². The van der Waals surface area contributed by atoms with Gasteiger partial charge in [-0.2, -0.15) is 0 Å². The molecule has 2 nitrogen and oxygen atoms in total. The lowest BCUT2D eigenvalue weighted by atomic mass is 9.68. The van der Waals surface area contributed by atoms with Gasteiger partial charge in [-0.3, -0.25) is 0 Å². The van der Waals surface area contributed by atoms with Crippen molar-refractivity contribution >= 4 is 0 Å². The predicted molar refractivity (Wildman–Crippen MR) is 141 cm³/mol. The van der Waals surface area contributed by atoms with Crippen molar-refractivity contribution < 1.29 is 9.13 Å². The summed E-state index contributed by atoms with van der Waals surface area (Å²) >= 11 is 0. The predicted octanol–water partition coefficient (Wildman–Crippen LogP) is 8.64. The van der Waals surface area contributed by atoms with Gasteiger partial charge in [0.2, 0.25) is 0 Å². The maximum Gasteiger partial charge on any atom is 0.165 e. The quantitative estimate of drug-likeness (QED) is 0.345. The second-order valence-corrected chi connectivity index (χ2v) is 11.9. The summed E-state index contributed by atoms with van der Waals surface area (Å²) in [6, 6.07) is 6.46. The Balaban J connectivity index is 1.18. The second kappa shape index (κ2) is 13.3. The van der Waals surface area contributed by atoms with Crippen molar-refractivity contribution in [2.75, 3.05) is 13.7 Å². The second-order valence-electron chi connectivity index (χ2n) is 11.9. The van der Waals surface area contributed by atoms with Crippen LogP contribution >= 0.6 is 0 Å². The van der Waals surface area contributed by atoms with Gasteiger partial charge in [0.05, 0.1) is 6.61 Å². The van der Waals surface area contributed by atoms with Crippen LogP contribution in [-0.4, -0.2) is 19.7 Å². The number of halogens is 1. The zero-order valence-electron chi connectivity index (χ0n) is 22.0. The summed E-state index contributed by atoms with van der Waals surface area (Å²) in [5.41, 5.74) is 1.19. The lowest BCUT2D eigenvalue weighted by molar-refractivity contribution is 0.155. The number of nitrogens with one attached hydrogen (secondary N) is 1. The molecule has 3 aliphatic rings. The molecule has 0 aromatic heterocycles. The molecule has 0 atom stereocenters. The van der Waals surface area contributed by atoms with E-state index < -0.39 is 0 Å². The van der Waals surface area contributed by atoms with Crippen LogP contribution in [0.5, 0.6) is 5.75 Å². The molecule has 1 N–H and O–H groups in total. The van der Waals surface area contributed by atoms with Crippen molar-refractivity contribution in [3.8, 4) is 5.75 Å². The van der Waals surface area contributed by atoms with Gasteiger partial charge in [0, 0.05) is 6.04 Å². The number of rotatable bonds is 10. The molecular weight excluding hydrogens is 421 g/mol. The zero-order valence-corrected chi connectivity index (χ0v) is 22.0. The Morgan fingerprint density at radius 3 is 2.09 bits per heavy atom. The van der Waals surface area contributed by atoms with E-state index >= 15 is 0 Å². The molecule has 1 aromatic carbocycles. The van der Waals surface area contributed by atoms with Crippen LogP contribution in [0.4, 0.5) is 4.39 Å². The summed E-state index contributed by atoms with van der Waals surface area (Å²) in [5, 5.41) is 3.38. The molecule has 1 aromatic rings. The largest absolute Gasteiger partial charge is 0.490 e. The van der Waals surface area contributed by atoms with Gasteiger partial charge in [-0.1, -0.05) is 51.5 Å². The normalized spacial score (nSPS) is 32.4. The summed E-state index contributed by atoms with van der Waals surface area (Å²) < 4.78 is 20.8. The fraction of sp³-hybridized carbons (Fsp3) is 0.806. The molecule has 0 aliphatic heterocycles. The highest BCUT2D eigenvalue weighted by Gasteiger charge is 2.31. The van der Waals surface area contributed by atoms with Crippen LogP contribution in [0.25, 0.3) is 0 Å². The average Bonchev–Trinajstić information content (AvgIpc) is 2.89. The SMILES string of the molecule is CCCCCC1CCC(C2CCC(c3ccc(OCC4CCC(NC)CC4)c(F)c3)CC2)CC1. The van der Waals surface area contributed by atoms with Crippen molar-refractivity contribution in [1.82, 2.24) is 5.32 Å². The van der Waals surface area contributed by atoms with Crippen LogP contribution < -0.4 is 10.1 Å². The molecule has 3 heteroatoms. The van der Waals surface area contributed by atoms with Gasteiger partial charge in [0.25, 0.3) is 0 Å². The Morgan fingerprint density at radius 1 is 0.824 bits per heavy atom. The van der Waals surface area contributed by atoms with E-state index in [0.29, 0.717) is 30.2 Å². The number of benzene rings is 1. The van der Waals surface area contributed by atoms with Crippen LogP contribution in [0.2, 0.25) is 0 Å². The van der Waals surface area contributed by atoms with Crippen molar-refractivity contribution in [1.29, 1.82) is 0 Å². The smallest absolute Gasteiger partial charge is 0.165 e. The molecule has 192 valence electrons. The molecule has 0 spiro atoms. The van der Waals surface area contributed by atoms with Gasteiger partial charge in [-0.25, -0.2) is 4.39 Å². The highest BCUT2D eigenvalue weighted by atomic mass is 19.1. The number of hydrogen-bond acceptors (Lipinski definition) is 2. The summed E-state index contributed by atoms with van der Waals surface area (Å²) in [6.07, 6.45) is 21.4. The van der Waals surface area contributed by atoms with E-state index in [1.807, 2.05) is 13.1 Å². The highest BCUT2D eigenvalue weighted by molar-refractivity contribution is 5.31. The fourth-order valence-corrected chi connectivity index (χ4v) is 7.27. The summed E-state index contributed by atoms with van der Waals surface area (Å²) in [5.74, 6) is 4.25. The van der Waals surface area contributed by atoms with Gasteiger partial charge >= 0.3 is 0 Å². The first-order chi connectivity index (χ1) is 16.7. The monoisotopic (exact) mass is 471 g/mol. The minimum Gasteiger partial charge on any atom is -0.490 e. The number of hydrogen-bond donors (Lipinski definition) is 1. The van der Waals surface area contributed by atoms with Crippen LogP contribution in [0.15, 0.2) is 18.2 Å².